The molecule has 1 atom stereocenters. The molecule has 1 saturated heterocycles. The zero-order valence-electron chi connectivity index (χ0n) is 12.4. The Labute approximate surface area is 121 Å². The van der Waals surface area contributed by atoms with Crippen LogP contribution in [0.5, 0.6) is 0 Å². The van der Waals surface area contributed by atoms with Crippen molar-refractivity contribution in [2.24, 2.45) is 0 Å². The second-order valence-corrected chi connectivity index (χ2v) is 5.59. The molecule has 0 amide bonds. The van der Waals surface area contributed by atoms with Gasteiger partial charge in [0, 0.05) is 24.9 Å². The quantitative estimate of drug-likeness (QED) is 0.803. The van der Waals surface area contributed by atoms with Gasteiger partial charge in [-0.2, -0.15) is 0 Å². The zero-order valence-corrected chi connectivity index (χ0v) is 12.4. The third-order valence-electron chi connectivity index (χ3n) is 3.98. The molecule has 1 aliphatic rings. The summed E-state index contributed by atoms with van der Waals surface area (Å²) in [4.78, 5) is 7.12. The van der Waals surface area contributed by atoms with E-state index in [2.05, 4.69) is 11.8 Å². The van der Waals surface area contributed by atoms with Gasteiger partial charge >= 0.3 is 0 Å². The molecule has 1 aliphatic heterocycles. The maximum Gasteiger partial charge on any atom is 0.129 e. The van der Waals surface area contributed by atoms with E-state index in [-0.39, 0.29) is 13.2 Å². The van der Waals surface area contributed by atoms with Crippen LogP contribution in [0.4, 0.5) is 5.82 Å². The standard InChI is InChI=1S/C16H26N2O2/c1-2-5-14-10-13(12-20)11-16(17-14)18-8-3-6-15(18)7-4-9-19/h10-11,15,19-20H,2-9,12H2,1H3. The van der Waals surface area contributed by atoms with Gasteiger partial charge in [0.05, 0.1) is 6.61 Å². The molecular formula is C16H26N2O2. The van der Waals surface area contributed by atoms with E-state index in [9.17, 15) is 5.11 Å². The van der Waals surface area contributed by atoms with Crippen LogP contribution in [-0.4, -0.2) is 34.4 Å². The number of aryl methyl sites for hydroxylation is 1. The van der Waals surface area contributed by atoms with Crippen molar-refractivity contribution in [3.8, 4) is 0 Å². The average molecular weight is 278 g/mol. The topological polar surface area (TPSA) is 56.6 Å². The minimum Gasteiger partial charge on any atom is -0.396 e. The Morgan fingerprint density at radius 2 is 2.20 bits per heavy atom. The molecule has 1 unspecified atom stereocenters. The number of hydrogen-bond donors (Lipinski definition) is 2. The van der Waals surface area contributed by atoms with E-state index in [1.807, 2.05) is 12.1 Å². The zero-order chi connectivity index (χ0) is 14.4. The Bertz CT molecular complexity index is 423. The highest BCUT2D eigenvalue weighted by Gasteiger charge is 2.25. The number of aliphatic hydroxyl groups is 2. The Balaban J connectivity index is 2.19. The fourth-order valence-corrected chi connectivity index (χ4v) is 3.02. The summed E-state index contributed by atoms with van der Waals surface area (Å²) in [6.07, 6.45) is 6.25. The molecule has 0 aliphatic carbocycles. The van der Waals surface area contributed by atoms with Gasteiger partial charge in [-0.1, -0.05) is 13.3 Å². The molecule has 0 aromatic carbocycles. The molecule has 1 aromatic heterocycles. The third-order valence-corrected chi connectivity index (χ3v) is 3.98. The van der Waals surface area contributed by atoms with E-state index >= 15 is 0 Å². The van der Waals surface area contributed by atoms with Crippen LogP contribution in [-0.2, 0) is 13.0 Å². The minimum atomic E-state index is 0.0708. The number of aromatic nitrogens is 1. The van der Waals surface area contributed by atoms with Crippen LogP contribution in [0.25, 0.3) is 0 Å². The Hall–Kier alpha value is -1.13. The smallest absolute Gasteiger partial charge is 0.129 e. The predicted molar refractivity (Wildman–Crippen MR) is 80.8 cm³/mol. The molecule has 4 nitrogen and oxygen atoms in total. The van der Waals surface area contributed by atoms with Crippen molar-refractivity contribution in [3.63, 3.8) is 0 Å². The van der Waals surface area contributed by atoms with Gasteiger partial charge in [-0.25, -0.2) is 4.98 Å². The third kappa shape index (κ3) is 3.70. The Morgan fingerprint density at radius 3 is 2.90 bits per heavy atom. The molecular weight excluding hydrogens is 252 g/mol. The first kappa shape index (κ1) is 15.3. The molecule has 1 aromatic rings. The molecule has 4 heteroatoms. The van der Waals surface area contributed by atoms with Crippen LogP contribution >= 0.6 is 0 Å². The van der Waals surface area contributed by atoms with Crippen molar-refractivity contribution in [2.45, 2.75) is 58.1 Å². The molecule has 2 N–H and O–H groups in total. The van der Waals surface area contributed by atoms with Crippen molar-refractivity contribution in [3.05, 3.63) is 23.4 Å². The van der Waals surface area contributed by atoms with E-state index < -0.39 is 0 Å². The van der Waals surface area contributed by atoms with Gasteiger partial charge in [0.1, 0.15) is 5.82 Å². The van der Waals surface area contributed by atoms with Crippen LogP contribution in [0.1, 0.15) is 50.3 Å². The first-order chi connectivity index (χ1) is 9.78. The van der Waals surface area contributed by atoms with E-state index in [1.54, 1.807) is 0 Å². The number of aliphatic hydroxyl groups excluding tert-OH is 2. The summed E-state index contributed by atoms with van der Waals surface area (Å²) in [5, 5.41) is 18.4. The van der Waals surface area contributed by atoms with E-state index in [0.29, 0.717) is 6.04 Å². The molecule has 20 heavy (non-hydrogen) atoms. The molecule has 0 spiro atoms. The number of nitrogens with zero attached hydrogens (tertiary/aromatic N) is 2. The summed E-state index contributed by atoms with van der Waals surface area (Å²) in [5.41, 5.74) is 2.02. The fraction of sp³-hybridized carbons (Fsp3) is 0.688. The first-order valence-electron chi connectivity index (χ1n) is 7.76. The normalized spacial score (nSPS) is 18.8. The van der Waals surface area contributed by atoms with Gasteiger partial charge in [-0.3, -0.25) is 0 Å². The van der Waals surface area contributed by atoms with Gasteiger partial charge in [0.15, 0.2) is 0 Å². The van der Waals surface area contributed by atoms with Crippen molar-refractivity contribution >= 4 is 5.82 Å². The van der Waals surface area contributed by atoms with Crippen LogP contribution in [0.2, 0.25) is 0 Å². The summed E-state index contributed by atoms with van der Waals surface area (Å²) >= 11 is 0. The van der Waals surface area contributed by atoms with Crippen LogP contribution in [0, 0.1) is 0 Å². The fourth-order valence-electron chi connectivity index (χ4n) is 3.02. The van der Waals surface area contributed by atoms with Crippen molar-refractivity contribution in [2.75, 3.05) is 18.1 Å². The monoisotopic (exact) mass is 278 g/mol. The average Bonchev–Trinajstić information content (AvgIpc) is 2.93. The second-order valence-electron chi connectivity index (χ2n) is 5.59. The lowest BCUT2D eigenvalue weighted by Crippen LogP contribution is -2.30. The SMILES string of the molecule is CCCc1cc(CO)cc(N2CCCC2CCCO)n1. The number of pyridine rings is 1. The molecule has 0 radical (unpaired) electrons. The number of rotatable bonds is 7. The predicted octanol–water partition coefficient (Wildman–Crippen LogP) is 2.27. The highest BCUT2D eigenvalue weighted by molar-refractivity contribution is 5.45. The minimum absolute atomic E-state index is 0.0708. The number of anilines is 1. The van der Waals surface area contributed by atoms with Gasteiger partial charge in [0.25, 0.3) is 0 Å². The molecule has 0 saturated carbocycles. The highest BCUT2D eigenvalue weighted by Crippen LogP contribution is 2.28. The van der Waals surface area contributed by atoms with Crippen molar-refractivity contribution in [1.29, 1.82) is 0 Å². The molecule has 2 heterocycles. The summed E-state index contributed by atoms with van der Waals surface area (Å²) in [5.74, 6) is 1.00. The van der Waals surface area contributed by atoms with Crippen LogP contribution in [0.15, 0.2) is 12.1 Å². The lowest BCUT2D eigenvalue weighted by molar-refractivity contribution is 0.279. The van der Waals surface area contributed by atoms with E-state index in [0.717, 1.165) is 49.3 Å². The van der Waals surface area contributed by atoms with Gasteiger partial charge in [0.2, 0.25) is 0 Å². The van der Waals surface area contributed by atoms with Crippen molar-refractivity contribution < 1.29 is 10.2 Å². The van der Waals surface area contributed by atoms with E-state index in [4.69, 9.17) is 10.1 Å². The van der Waals surface area contributed by atoms with Gasteiger partial charge < -0.3 is 15.1 Å². The molecule has 1 fully saturated rings. The first-order valence-corrected chi connectivity index (χ1v) is 7.76. The summed E-state index contributed by atoms with van der Waals surface area (Å²) in [7, 11) is 0. The second kappa shape index (κ2) is 7.60. The molecule has 0 bridgehead atoms. The van der Waals surface area contributed by atoms with Gasteiger partial charge in [-0.15, -0.1) is 0 Å². The summed E-state index contributed by atoms with van der Waals surface area (Å²) in [6, 6.07) is 4.50. The van der Waals surface area contributed by atoms with Crippen LogP contribution < -0.4 is 4.90 Å². The lowest BCUT2D eigenvalue weighted by atomic mass is 10.1. The Morgan fingerprint density at radius 1 is 1.35 bits per heavy atom. The largest absolute Gasteiger partial charge is 0.396 e. The van der Waals surface area contributed by atoms with Crippen molar-refractivity contribution in [1.82, 2.24) is 4.98 Å². The van der Waals surface area contributed by atoms with Gasteiger partial charge in [-0.05, 0) is 49.8 Å². The Kier molecular flexibility index (Phi) is 5.80. The maximum absolute atomic E-state index is 9.43. The maximum atomic E-state index is 9.43. The van der Waals surface area contributed by atoms with E-state index in [1.165, 1.54) is 12.8 Å². The summed E-state index contributed by atoms with van der Waals surface area (Å²) < 4.78 is 0. The molecule has 2 rings (SSSR count). The summed E-state index contributed by atoms with van der Waals surface area (Å²) in [6.45, 7) is 3.51. The highest BCUT2D eigenvalue weighted by atomic mass is 16.3. The lowest BCUT2D eigenvalue weighted by Gasteiger charge is -2.26. The number of hydrogen-bond acceptors (Lipinski definition) is 4. The van der Waals surface area contributed by atoms with Crippen LogP contribution in [0.3, 0.4) is 0 Å². The molecule has 112 valence electrons.